The minimum Gasteiger partial charge on any atom is -0.426 e. The summed E-state index contributed by atoms with van der Waals surface area (Å²) in [7, 11) is 2.05. The zero-order chi connectivity index (χ0) is 12.4. The molecule has 4 nitrogen and oxygen atoms in total. The number of allylic oxidation sites excluding steroid dienone is 3. The van der Waals surface area contributed by atoms with Gasteiger partial charge in [0, 0.05) is 25.8 Å². The van der Waals surface area contributed by atoms with Crippen LogP contribution in [0.1, 0.15) is 19.8 Å². The van der Waals surface area contributed by atoms with Crippen LogP contribution in [0.4, 0.5) is 0 Å². The molecule has 0 aromatic rings. The molecule has 0 N–H and O–H groups in total. The number of amides is 1. The molecule has 2 heterocycles. The Bertz CT molecular complexity index is 415. The lowest BCUT2D eigenvalue weighted by molar-refractivity contribution is -0.122. The molecule has 1 amide bonds. The number of carbonyl (C=O) groups is 1. The molecule has 5 heteroatoms. The van der Waals surface area contributed by atoms with Gasteiger partial charge < -0.3 is 9.64 Å². The van der Waals surface area contributed by atoms with Crippen LogP contribution in [0.5, 0.6) is 0 Å². The van der Waals surface area contributed by atoms with Crippen molar-refractivity contribution in [3.63, 3.8) is 0 Å². The topological polar surface area (TPSA) is 32.8 Å². The fourth-order valence-electron chi connectivity index (χ4n) is 2.00. The van der Waals surface area contributed by atoms with E-state index in [1.165, 1.54) is 17.0 Å². The molecule has 2 rings (SSSR count). The van der Waals surface area contributed by atoms with E-state index in [1.54, 1.807) is 6.08 Å². The first-order chi connectivity index (χ1) is 8.13. The summed E-state index contributed by atoms with van der Waals surface area (Å²) < 4.78 is 5.28. The number of thiocarbonyl (C=S) groups is 1. The summed E-state index contributed by atoms with van der Waals surface area (Å²) in [4.78, 5) is 15.5. The Hall–Kier alpha value is -1.36. The van der Waals surface area contributed by atoms with Crippen molar-refractivity contribution in [3.8, 4) is 0 Å². The third-order valence-electron chi connectivity index (χ3n) is 3.03. The van der Waals surface area contributed by atoms with Crippen molar-refractivity contribution in [3.05, 3.63) is 23.6 Å². The van der Waals surface area contributed by atoms with Gasteiger partial charge in [-0.05, 0) is 44.1 Å². The lowest BCUT2D eigenvalue weighted by atomic mass is 10.3. The Morgan fingerprint density at radius 2 is 2.24 bits per heavy atom. The van der Waals surface area contributed by atoms with Crippen molar-refractivity contribution in [1.29, 1.82) is 0 Å². The van der Waals surface area contributed by atoms with E-state index in [0.717, 1.165) is 13.0 Å². The van der Waals surface area contributed by atoms with Gasteiger partial charge in [0.1, 0.15) is 0 Å². The average molecular weight is 252 g/mol. The highest BCUT2D eigenvalue weighted by Crippen LogP contribution is 2.21. The van der Waals surface area contributed by atoms with Gasteiger partial charge in [-0.15, -0.1) is 0 Å². The highest BCUT2D eigenvalue weighted by atomic mass is 32.1. The normalized spacial score (nSPS) is 25.3. The van der Waals surface area contributed by atoms with Crippen LogP contribution in [-0.2, 0) is 9.53 Å². The van der Waals surface area contributed by atoms with E-state index in [0.29, 0.717) is 12.3 Å². The third-order valence-corrected chi connectivity index (χ3v) is 3.34. The van der Waals surface area contributed by atoms with Gasteiger partial charge in [0.25, 0.3) is 11.1 Å². The second-order valence-corrected chi connectivity index (χ2v) is 4.48. The maximum Gasteiger partial charge on any atom is 0.297 e. The molecule has 0 radical (unpaired) electrons. The zero-order valence-corrected chi connectivity index (χ0v) is 10.9. The summed E-state index contributed by atoms with van der Waals surface area (Å²) in [5.74, 6) is 0.180. The predicted octanol–water partition coefficient (Wildman–Crippen LogP) is 1.64. The molecule has 2 saturated heterocycles. The SMILES string of the molecule is CCN1C(=O)/C(=C\C=C2\CCCN2C)OC1=S. The molecule has 2 aliphatic heterocycles. The van der Waals surface area contributed by atoms with Crippen molar-refractivity contribution in [2.75, 3.05) is 20.1 Å². The van der Waals surface area contributed by atoms with E-state index >= 15 is 0 Å². The summed E-state index contributed by atoms with van der Waals surface area (Å²) in [6, 6.07) is 0. The van der Waals surface area contributed by atoms with Crippen LogP contribution >= 0.6 is 12.2 Å². The van der Waals surface area contributed by atoms with Gasteiger partial charge >= 0.3 is 0 Å². The Labute approximate surface area is 107 Å². The Morgan fingerprint density at radius 1 is 1.47 bits per heavy atom. The fraction of sp³-hybridized carbons (Fsp3) is 0.500. The molecule has 92 valence electrons. The first-order valence-electron chi connectivity index (χ1n) is 5.79. The van der Waals surface area contributed by atoms with Crippen LogP contribution in [0, 0.1) is 0 Å². The van der Waals surface area contributed by atoms with Gasteiger partial charge in [-0.2, -0.15) is 0 Å². The third kappa shape index (κ3) is 2.34. The zero-order valence-electron chi connectivity index (χ0n) is 10.1. The molecule has 17 heavy (non-hydrogen) atoms. The standard InChI is InChI=1S/C12H16N2O2S/c1-3-14-11(15)10(16-12(14)17)7-6-9-5-4-8-13(9)2/h6-7H,3-5,8H2,1-2H3/b9-6-,10-7+. The highest BCUT2D eigenvalue weighted by Gasteiger charge is 2.31. The van der Waals surface area contributed by atoms with Crippen molar-refractivity contribution in [2.45, 2.75) is 19.8 Å². The van der Waals surface area contributed by atoms with Gasteiger partial charge in [-0.1, -0.05) is 0 Å². The summed E-state index contributed by atoms with van der Waals surface area (Å²) in [5, 5.41) is 0.252. The molecule has 0 aromatic carbocycles. The first-order valence-corrected chi connectivity index (χ1v) is 6.20. The maximum atomic E-state index is 11.8. The molecule has 0 saturated carbocycles. The molecular formula is C12H16N2O2S. The van der Waals surface area contributed by atoms with E-state index in [1.807, 2.05) is 13.0 Å². The Kier molecular flexibility index (Phi) is 3.47. The average Bonchev–Trinajstić information content (AvgIpc) is 2.81. The van der Waals surface area contributed by atoms with Gasteiger partial charge in [0.05, 0.1) is 0 Å². The number of hydrogen-bond donors (Lipinski definition) is 0. The van der Waals surface area contributed by atoms with Crippen molar-refractivity contribution < 1.29 is 9.53 Å². The molecular weight excluding hydrogens is 236 g/mol. The minimum atomic E-state index is -0.144. The Balaban J connectivity index is 2.13. The van der Waals surface area contributed by atoms with Crippen molar-refractivity contribution in [1.82, 2.24) is 9.80 Å². The maximum absolute atomic E-state index is 11.8. The summed E-state index contributed by atoms with van der Waals surface area (Å²) >= 11 is 4.98. The van der Waals surface area contributed by atoms with Crippen LogP contribution in [0.2, 0.25) is 0 Å². The van der Waals surface area contributed by atoms with Crippen molar-refractivity contribution in [2.24, 2.45) is 0 Å². The van der Waals surface area contributed by atoms with Crippen LogP contribution in [0.15, 0.2) is 23.6 Å². The number of rotatable bonds is 2. The van der Waals surface area contributed by atoms with Gasteiger partial charge in [0.15, 0.2) is 5.76 Å². The van der Waals surface area contributed by atoms with Crippen LogP contribution < -0.4 is 0 Å². The summed E-state index contributed by atoms with van der Waals surface area (Å²) in [6.07, 6.45) is 5.89. The molecule has 0 spiro atoms. The lowest BCUT2D eigenvalue weighted by Crippen LogP contribution is -2.27. The van der Waals surface area contributed by atoms with Gasteiger partial charge in [-0.3, -0.25) is 9.69 Å². The van der Waals surface area contributed by atoms with Gasteiger partial charge in [0.2, 0.25) is 0 Å². The van der Waals surface area contributed by atoms with Gasteiger partial charge in [-0.25, -0.2) is 0 Å². The molecule has 2 aliphatic rings. The molecule has 0 atom stereocenters. The largest absolute Gasteiger partial charge is 0.426 e. The lowest BCUT2D eigenvalue weighted by Gasteiger charge is -2.11. The van der Waals surface area contributed by atoms with Crippen LogP contribution in [0.3, 0.4) is 0 Å². The second-order valence-electron chi connectivity index (χ2n) is 4.13. The number of carbonyl (C=O) groups excluding carboxylic acids is 1. The van der Waals surface area contributed by atoms with E-state index in [4.69, 9.17) is 17.0 Å². The van der Waals surface area contributed by atoms with E-state index in [9.17, 15) is 4.79 Å². The molecule has 2 fully saturated rings. The van der Waals surface area contributed by atoms with E-state index < -0.39 is 0 Å². The first kappa shape index (κ1) is 12.1. The monoisotopic (exact) mass is 252 g/mol. The van der Waals surface area contributed by atoms with Crippen molar-refractivity contribution >= 4 is 23.3 Å². The second kappa shape index (κ2) is 4.87. The fourth-order valence-corrected chi connectivity index (χ4v) is 2.30. The summed E-state index contributed by atoms with van der Waals surface area (Å²) in [5.41, 5.74) is 1.23. The highest BCUT2D eigenvalue weighted by molar-refractivity contribution is 7.80. The number of likely N-dealkylation sites (N-methyl/N-ethyl adjacent to an activating group) is 1. The number of nitrogens with zero attached hydrogens (tertiary/aromatic N) is 2. The van der Waals surface area contributed by atoms with Crippen LogP contribution in [0.25, 0.3) is 0 Å². The number of ether oxygens (including phenoxy) is 1. The molecule has 0 aliphatic carbocycles. The molecule has 0 bridgehead atoms. The summed E-state index contributed by atoms with van der Waals surface area (Å²) in [6.45, 7) is 3.49. The van der Waals surface area contributed by atoms with Crippen LogP contribution in [-0.4, -0.2) is 41.0 Å². The van der Waals surface area contributed by atoms with E-state index in [-0.39, 0.29) is 11.1 Å². The minimum absolute atomic E-state index is 0.144. The quantitative estimate of drug-likeness (QED) is 0.552. The smallest absolute Gasteiger partial charge is 0.297 e. The number of likely N-dealkylation sites (tertiary alicyclic amines) is 1. The van der Waals surface area contributed by atoms with E-state index in [2.05, 4.69) is 11.9 Å². The molecule has 0 unspecified atom stereocenters. The molecule has 0 aromatic heterocycles. The predicted molar refractivity (Wildman–Crippen MR) is 69.1 cm³/mol. The Morgan fingerprint density at radius 3 is 2.76 bits per heavy atom. The number of hydrogen-bond acceptors (Lipinski definition) is 4.